The van der Waals surface area contributed by atoms with Crippen LogP contribution in [0.4, 0.5) is 5.82 Å². The molecule has 1 aliphatic rings. The Labute approximate surface area is 128 Å². The van der Waals surface area contributed by atoms with Gasteiger partial charge in [-0.2, -0.15) is 0 Å². The summed E-state index contributed by atoms with van der Waals surface area (Å²) in [4.78, 5) is 25.6. The van der Waals surface area contributed by atoms with Crippen molar-refractivity contribution in [2.24, 2.45) is 5.92 Å². The van der Waals surface area contributed by atoms with Crippen LogP contribution in [0.25, 0.3) is 0 Å². The molecule has 2 heterocycles. The van der Waals surface area contributed by atoms with E-state index in [-0.39, 0.29) is 17.6 Å². The summed E-state index contributed by atoms with van der Waals surface area (Å²) in [6, 6.07) is 1.66. The maximum Gasteiger partial charge on any atom is 0.235 e. The van der Waals surface area contributed by atoms with Gasteiger partial charge in [-0.15, -0.1) is 11.8 Å². The number of hydrogen-bond donors (Lipinski definition) is 1. The predicted molar refractivity (Wildman–Crippen MR) is 82.2 cm³/mol. The van der Waals surface area contributed by atoms with Crippen molar-refractivity contribution in [1.29, 1.82) is 0 Å². The van der Waals surface area contributed by atoms with Crippen LogP contribution in [0.15, 0.2) is 10.6 Å². The third kappa shape index (κ3) is 5.08. The summed E-state index contributed by atoms with van der Waals surface area (Å²) in [5.41, 5.74) is 0. The molecule has 2 amide bonds. The van der Waals surface area contributed by atoms with Gasteiger partial charge in [0.15, 0.2) is 5.82 Å². The zero-order valence-electron chi connectivity index (χ0n) is 12.4. The number of hydrogen-bond acceptors (Lipinski definition) is 5. The van der Waals surface area contributed by atoms with E-state index < -0.39 is 0 Å². The van der Waals surface area contributed by atoms with E-state index in [0.717, 1.165) is 25.9 Å². The summed E-state index contributed by atoms with van der Waals surface area (Å²) in [5.74, 6) is 2.30. The molecule has 0 atom stereocenters. The van der Waals surface area contributed by atoms with Crippen LogP contribution in [-0.4, -0.2) is 46.5 Å². The number of aromatic nitrogens is 1. The van der Waals surface area contributed by atoms with Gasteiger partial charge in [-0.1, -0.05) is 12.1 Å². The summed E-state index contributed by atoms with van der Waals surface area (Å²) in [5, 5.41) is 6.32. The molecule has 0 aromatic carbocycles. The molecule has 1 fully saturated rings. The van der Waals surface area contributed by atoms with Crippen LogP contribution in [0.2, 0.25) is 0 Å². The Hall–Kier alpha value is -1.50. The average Bonchev–Trinajstić information content (AvgIpc) is 2.84. The smallest absolute Gasteiger partial charge is 0.235 e. The molecule has 1 aromatic rings. The molecule has 0 spiro atoms. The Morgan fingerprint density at radius 2 is 2.14 bits per heavy atom. The van der Waals surface area contributed by atoms with E-state index in [2.05, 4.69) is 17.4 Å². The fourth-order valence-electron chi connectivity index (χ4n) is 2.18. The third-order valence-corrected chi connectivity index (χ3v) is 4.41. The maximum atomic E-state index is 12.0. The fraction of sp³-hybridized carbons (Fsp3) is 0.643. The number of rotatable bonds is 5. The lowest BCUT2D eigenvalue weighted by atomic mass is 9.99. The molecular weight excluding hydrogens is 290 g/mol. The lowest BCUT2D eigenvalue weighted by Crippen LogP contribution is -2.39. The van der Waals surface area contributed by atoms with Crippen LogP contribution < -0.4 is 5.32 Å². The monoisotopic (exact) mass is 311 g/mol. The number of carbonyl (C=O) groups is 2. The Kier molecular flexibility index (Phi) is 5.67. The molecule has 2 rings (SSSR count). The number of thioether (sulfide) groups is 1. The van der Waals surface area contributed by atoms with E-state index >= 15 is 0 Å². The van der Waals surface area contributed by atoms with Gasteiger partial charge in [-0.3, -0.25) is 9.59 Å². The van der Waals surface area contributed by atoms with Crippen molar-refractivity contribution in [1.82, 2.24) is 10.1 Å². The number of anilines is 1. The highest BCUT2D eigenvalue weighted by Crippen LogP contribution is 2.17. The van der Waals surface area contributed by atoms with Crippen molar-refractivity contribution in [3.8, 4) is 0 Å². The topological polar surface area (TPSA) is 75.4 Å². The molecule has 1 N–H and O–H groups in total. The molecule has 6 nitrogen and oxygen atoms in total. The van der Waals surface area contributed by atoms with Crippen LogP contribution >= 0.6 is 11.8 Å². The molecular formula is C14H21N3O3S. The summed E-state index contributed by atoms with van der Waals surface area (Å²) in [6.45, 7) is 5.65. The Morgan fingerprint density at radius 3 is 2.76 bits per heavy atom. The quantitative estimate of drug-likeness (QED) is 0.899. The fourth-order valence-corrected chi connectivity index (χ4v) is 2.90. The van der Waals surface area contributed by atoms with Crippen molar-refractivity contribution in [2.45, 2.75) is 26.7 Å². The zero-order valence-corrected chi connectivity index (χ0v) is 13.2. The second-order valence-corrected chi connectivity index (χ2v) is 6.41. The first-order valence-corrected chi connectivity index (χ1v) is 8.28. The molecule has 0 unspecified atom stereocenters. The number of amides is 2. The lowest BCUT2D eigenvalue weighted by molar-refractivity contribution is -0.129. The van der Waals surface area contributed by atoms with Gasteiger partial charge in [0.25, 0.3) is 0 Å². The number of likely N-dealkylation sites (tertiary alicyclic amines) is 1. The van der Waals surface area contributed by atoms with Gasteiger partial charge in [0.1, 0.15) is 5.76 Å². The Bertz CT molecular complexity index is 495. The van der Waals surface area contributed by atoms with Crippen LogP contribution in [-0.2, 0) is 9.59 Å². The first kappa shape index (κ1) is 15.9. The Balaban J connectivity index is 1.64. The van der Waals surface area contributed by atoms with Gasteiger partial charge in [0, 0.05) is 19.2 Å². The van der Waals surface area contributed by atoms with Crippen molar-refractivity contribution < 1.29 is 14.1 Å². The Morgan fingerprint density at radius 1 is 1.43 bits per heavy atom. The summed E-state index contributed by atoms with van der Waals surface area (Å²) in [6.07, 6.45) is 2.14. The molecule has 21 heavy (non-hydrogen) atoms. The van der Waals surface area contributed by atoms with Gasteiger partial charge in [0.2, 0.25) is 11.8 Å². The lowest BCUT2D eigenvalue weighted by Gasteiger charge is -2.30. The SMILES string of the molecule is Cc1cc(NC(=O)CSCC(=O)N2CCC(C)CC2)no1. The highest BCUT2D eigenvalue weighted by molar-refractivity contribution is 8.00. The second-order valence-electron chi connectivity index (χ2n) is 5.43. The standard InChI is InChI=1S/C14H21N3O3S/c1-10-3-5-17(6-4-10)14(19)9-21-8-13(18)15-12-7-11(2)20-16-12/h7,10H,3-6,8-9H2,1-2H3,(H,15,16,18). The first-order chi connectivity index (χ1) is 10.0. The third-order valence-electron chi connectivity index (χ3n) is 3.49. The van der Waals surface area contributed by atoms with Gasteiger partial charge in [-0.25, -0.2) is 0 Å². The predicted octanol–water partition coefficient (Wildman–Crippen LogP) is 1.91. The number of aryl methyl sites for hydroxylation is 1. The highest BCUT2D eigenvalue weighted by Gasteiger charge is 2.20. The van der Waals surface area contributed by atoms with Crippen LogP contribution in [0, 0.1) is 12.8 Å². The molecule has 0 saturated carbocycles. The zero-order chi connectivity index (χ0) is 15.2. The maximum absolute atomic E-state index is 12.0. The first-order valence-electron chi connectivity index (χ1n) is 7.13. The minimum Gasteiger partial charge on any atom is -0.360 e. The molecule has 0 radical (unpaired) electrons. The number of piperidine rings is 1. The van der Waals surface area contributed by atoms with E-state index in [4.69, 9.17) is 4.52 Å². The number of carbonyl (C=O) groups excluding carboxylic acids is 2. The molecule has 7 heteroatoms. The van der Waals surface area contributed by atoms with Crippen molar-refractivity contribution in [3.63, 3.8) is 0 Å². The molecule has 0 bridgehead atoms. The summed E-state index contributed by atoms with van der Waals surface area (Å²) in [7, 11) is 0. The van der Waals surface area contributed by atoms with Gasteiger partial charge < -0.3 is 14.7 Å². The van der Waals surface area contributed by atoms with Crippen molar-refractivity contribution in [3.05, 3.63) is 11.8 Å². The van der Waals surface area contributed by atoms with E-state index in [0.29, 0.717) is 23.2 Å². The van der Waals surface area contributed by atoms with Gasteiger partial charge in [-0.05, 0) is 25.7 Å². The van der Waals surface area contributed by atoms with E-state index in [1.54, 1.807) is 13.0 Å². The summed E-state index contributed by atoms with van der Waals surface area (Å²) < 4.78 is 4.86. The normalized spacial score (nSPS) is 16.0. The number of nitrogens with one attached hydrogen (secondary N) is 1. The van der Waals surface area contributed by atoms with E-state index in [9.17, 15) is 9.59 Å². The molecule has 116 valence electrons. The van der Waals surface area contributed by atoms with E-state index in [1.807, 2.05) is 4.90 Å². The van der Waals surface area contributed by atoms with Gasteiger partial charge >= 0.3 is 0 Å². The average molecular weight is 311 g/mol. The molecule has 1 saturated heterocycles. The van der Waals surface area contributed by atoms with Gasteiger partial charge in [0.05, 0.1) is 11.5 Å². The van der Waals surface area contributed by atoms with Crippen molar-refractivity contribution in [2.75, 3.05) is 29.9 Å². The minimum absolute atomic E-state index is 0.122. The van der Waals surface area contributed by atoms with E-state index in [1.165, 1.54) is 11.8 Å². The van der Waals surface area contributed by atoms with Crippen LogP contribution in [0.1, 0.15) is 25.5 Å². The summed E-state index contributed by atoms with van der Waals surface area (Å²) >= 11 is 1.33. The largest absolute Gasteiger partial charge is 0.360 e. The minimum atomic E-state index is -0.173. The van der Waals surface area contributed by atoms with Crippen LogP contribution in [0.5, 0.6) is 0 Å². The second kappa shape index (κ2) is 7.49. The van der Waals surface area contributed by atoms with Crippen LogP contribution in [0.3, 0.4) is 0 Å². The molecule has 0 aliphatic carbocycles. The highest BCUT2D eigenvalue weighted by atomic mass is 32.2. The number of nitrogens with zero attached hydrogens (tertiary/aromatic N) is 2. The molecule has 1 aromatic heterocycles. The molecule has 1 aliphatic heterocycles. The van der Waals surface area contributed by atoms with Crippen molar-refractivity contribution >= 4 is 29.4 Å².